The fourth-order valence-electron chi connectivity index (χ4n) is 3.46. The Kier molecular flexibility index (Phi) is 1.62. The molecule has 0 aromatic heterocycles. The fourth-order valence-corrected chi connectivity index (χ4v) is 3.46. The van der Waals surface area contributed by atoms with E-state index in [4.69, 9.17) is 5.21 Å². The molecule has 0 radical (unpaired) electrons. The summed E-state index contributed by atoms with van der Waals surface area (Å²) in [4.78, 5) is 2.55. The van der Waals surface area contributed by atoms with Crippen LogP contribution in [-0.4, -0.2) is 35.5 Å². The van der Waals surface area contributed by atoms with Crippen molar-refractivity contribution in [2.75, 3.05) is 19.6 Å². The maximum atomic E-state index is 8.96. The van der Waals surface area contributed by atoms with Gasteiger partial charge in [-0.1, -0.05) is 5.16 Å². The molecule has 3 aliphatic heterocycles. The molecule has 1 aliphatic carbocycles. The molecular formula is C10H16N2O. The molecule has 4 rings (SSSR count). The lowest BCUT2D eigenvalue weighted by atomic mass is 9.72. The minimum absolute atomic E-state index is 0.574. The summed E-state index contributed by atoms with van der Waals surface area (Å²) in [6.45, 7) is 3.56. The van der Waals surface area contributed by atoms with E-state index < -0.39 is 0 Å². The van der Waals surface area contributed by atoms with Gasteiger partial charge in [-0.25, -0.2) is 0 Å². The lowest BCUT2D eigenvalue weighted by Gasteiger charge is -2.40. The van der Waals surface area contributed by atoms with Gasteiger partial charge in [0.25, 0.3) is 0 Å². The van der Waals surface area contributed by atoms with Gasteiger partial charge in [0, 0.05) is 24.9 Å². The minimum atomic E-state index is 0.574. The van der Waals surface area contributed by atoms with Gasteiger partial charge < -0.3 is 10.1 Å². The lowest BCUT2D eigenvalue weighted by molar-refractivity contribution is 0.195. The molecule has 0 amide bonds. The molecule has 0 aromatic rings. The topological polar surface area (TPSA) is 35.8 Å². The maximum Gasteiger partial charge on any atom is 0.0658 e. The first kappa shape index (κ1) is 7.80. The van der Waals surface area contributed by atoms with Gasteiger partial charge in [-0.15, -0.1) is 0 Å². The van der Waals surface area contributed by atoms with Crippen molar-refractivity contribution in [2.45, 2.75) is 19.3 Å². The Labute approximate surface area is 78.4 Å². The molecule has 1 saturated carbocycles. The number of oxime groups is 1. The zero-order valence-electron chi connectivity index (χ0n) is 7.82. The van der Waals surface area contributed by atoms with Crippen LogP contribution in [-0.2, 0) is 0 Å². The summed E-state index contributed by atoms with van der Waals surface area (Å²) in [5.74, 6) is 2.06. The first-order chi connectivity index (χ1) is 6.36. The molecular weight excluding hydrogens is 164 g/mol. The summed E-state index contributed by atoms with van der Waals surface area (Å²) in [6, 6.07) is 0. The fraction of sp³-hybridized carbons (Fsp3) is 0.900. The number of fused-ring (bicyclic) bond motifs is 1. The zero-order valence-corrected chi connectivity index (χ0v) is 7.82. The highest BCUT2D eigenvalue weighted by Gasteiger charge is 2.42. The molecule has 2 unspecified atom stereocenters. The third-order valence-electron chi connectivity index (χ3n) is 4.00. The predicted molar refractivity (Wildman–Crippen MR) is 50.0 cm³/mol. The second-order valence-electron chi connectivity index (χ2n) is 4.80. The first-order valence-corrected chi connectivity index (χ1v) is 5.31. The summed E-state index contributed by atoms with van der Waals surface area (Å²) in [6.07, 6.45) is 3.91. The van der Waals surface area contributed by atoms with E-state index in [0.717, 1.165) is 24.7 Å². The molecule has 0 spiro atoms. The van der Waals surface area contributed by atoms with Gasteiger partial charge in [0.2, 0.25) is 0 Å². The van der Waals surface area contributed by atoms with Gasteiger partial charge >= 0.3 is 0 Å². The molecule has 4 atom stereocenters. The number of piperidine rings is 1. The van der Waals surface area contributed by atoms with E-state index in [-0.39, 0.29) is 0 Å². The largest absolute Gasteiger partial charge is 0.411 e. The maximum absolute atomic E-state index is 8.96. The third kappa shape index (κ3) is 1.10. The smallest absolute Gasteiger partial charge is 0.0658 e. The summed E-state index contributed by atoms with van der Waals surface area (Å²) in [7, 11) is 0. The summed E-state index contributed by atoms with van der Waals surface area (Å²) < 4.78 is 0. The SMILES string of the molecule is ON=C1[C@@H]2CC3CCN(C2)C[C@@H]1C3. The van der Waals surface area contributed by atoms with Crippen LogP contribution in [0, 0.1) is 17.8 Å². The van der Waals surface area contributed by atoms with Gasteiger partial charge in [-0.2, -0.15) is 0 Å². The van der Waals surface area contributed by atoms with Crippen molar-refractivity contribution in [3.63, 3.8) is 0 Å². The second-order valence-corrected chi connectivity index (χ2v) is 4.80. The van der Waals surface area contributed by atoms with Crippen LogP contribution >= 0.6 is 0 Å². The average molecular weight is 180 g/mol. The summed E-state index contributed by atoms with van der Waals surface area (Å²) >= 11 is 0. The Morgan fingerprint density at radius 3 is 2.54 bits per heavy atom. The van der Waals surface area contributed by atoms with E-state index in [1.807, 2.05) is 0 Å². The van der Waals surface area contributed by atoms with E-state index in [2.05, 4.69) is 10.1 Å². The quantitative estimate of drug-likeness (QED) is 0.449. The van der Waals surface area contributed by atoms with Crippen LogP contribution in [0.4, 0.5) is 0 Å². The molecule has 3 heterocycles. The van der Waals surface area contributed by atoms with E-state index in [1.165, 1.54) is 25.8 Å². The number of rotatable bonds is 0. The molecule has 4 bridgehead atoms. The monoisotopic (exact) mass is 180 g/mol. The molecule has 0 aromatic carbocycles. The van der Waals surface area contributed by atoms with Gasteiger partial charge in [-0.3, -0.25) is 0 Å². The average Bonchev–Trinajstić information content (AvgIpc) is 2.35. The predicted octanol–water partition coefficient (Wildman–Crippen LogP) is 1.18. The summed E-state index contributed by atoms with van der Waals surface area (Å²) in [5.41, 5.74) is 1.11. The highest BCUT2D eigenvalue weighted by Crippen LogP contribution is 2.40. The van der Waals surface area contributed by atoms with Crippen LogP contribution in [0.25, 0.3) is 0 Å². The van der Waals surface area contributed by atoms with Gasteiger partial charge in [0.15, 0.2) is 0 Å². The van der Waals surface area contributed by atoms with Crippen molar-refractivity contribution in [2.24, 2.45) is 22.9 Å². The van der Waals surface area contributed by atoms with E-state index in [0.29, 0.717) is 11.8 Å². The van der Waals surface area contributed by atoms with Crippen LogP contribution < -0.4 is 0 Å². The van der Waals surface area contributed by atoms with Crippen molar-refractivity contribution >= 4 is 5.71 Å². The molecule has 3 heteroatoms. The molecule has 13 heavy (non-hydrogen) atoms. The Bertz CT molecular complexity index is 217. The first-order valence-electron chi connectivity index (χ1n) is 5.31. The van der Waals surface area contributed by atoms with Gasteiger partial charge in [-0.05, 0) is 31.7 Å². The molecule has 1 N–H and O–H groups in total. The van der Waals surface area contributed by atoms with Gasteiger partial charge in [0.05, 0.1) is 5.71 Å². The van der Waals surface area contributed by atoms with Crippen LogP contribution in [0.5, 0.6) is 0 Å². The Hall–Kier alpha value is -0.570. The Balaban J connectivity index is 1.96. The van der Waals surface area contributed by atoms with Crippen molar-refractivity contribution in [3.05, 3.63) is 0 Å². The third-order valence-corrected chi connectivity index (χ3v) is 4.00. The number of hydrogen-bond acceptors (Lipinski definition) is 3. The normalized spacial score (nSPS) is 51.2. The van der Waals surface area contributed by atoms with E-state index in [9.17, 15) is 0 Å². The molecule has 3 nitrogen and oxygen atoms in total. The zero-order chi connectivity index (χ0) is 8.84. The number of hydrogen-bond donors (Lipinski definition) is 1. The van der Waals surface area contributed by atoms with Crippen molar-refractivity contribution in [3.8, 4) is 0 Å². The van der Waals surface area contributed by atoms with E-state index in [1.54, 1.807) is 0 Å². The molecule has 4 aliphatic rings. The Morgan fingerprint density at radius 1 is 1.23 bits per heavy atom. The van der Waals surface area contributed by atoms with Crippen molar-refractivity contribution < 1.29 is 5.21 Å². The van der Waals surface area contributed by atoms with Crippen LogP contribution in [0.2, 0.25) is 0 Å². The van der Waals surface area contributed by atoms with E-state index >= 15 is 0 Å². The minimum Gasteiger partial charge on any atom is -0.411 e. The Morgan fingerprint density at radius 2 is 1.92 bits per heavy atom. The lowest BCUT2D eigenvalue weighted by Crippen LogP contribution is -2.47. The number of nitrogens with zero attached hydrogens (tertiary/aromatic N) is 2. The standard InChI is InChI=1S/C10H16N2O/c13-11-10-8-3-7-1-2-12(5-8)6-9(10)4-7/h7-9,13H,1-6H2/t7?,8-,9+. The summed E-state index contributed by atoms with van der Waals surface area (Å²) in [5, 5.41) is 12.5. The molecule has 72 valence electrons. The van der Waals surface area contributed by atoms with Crippen molar-refractivity contribution in [1.29, 1.82) is 0 Å². The highest BCUT2D eigenvalue weighted by molar-refractivity contribution is 5.90. The van der Waals surface area contributed by atoms with Crippen LogP contribution in [0.3, 0.4) is 0 Å². The second kappa shape index (κ2) is 2.71. The molecule has 3 saturated heterocycles. The van der Waals surface area contributed by atoms with Crippen LogP contribution in [0.1, 0.15) is 19.3 Å². The van der Waals surface area contributed by atoms with Crippen molar-refractivity contribution in [1.82, 2.24) is 4.90 Å². The molecule has 4 fully saturated rings. The van der Waals surface area contributed by atoms with Gasteiger partial charge in [0.1, 0.15) is 0 Å². The van der Waals surface area contributed by atoms with Crippen LogP contribution in [0.15, 0.2) is 5.16 Å². The highest BCUT2D eigenvalue weighted by atomic mass is 16.4.